The van der Waals surface area contributed by atoms with Crippen molar-refractivity contribution in [2.45, 2.75) is 46.1 Å². The average molecular weight is 248 g/mol. The molecule has 0 aliphatic heterocycles. The Balaban J connectivity index is 2.96. The second-order valence-electron chi connectivity index (χ2n) is 4.62. The standard InChI is InChI=1S/C14H24N4/c1-4-6-9-18(11(3)5-2)12-7-8-17-13(10-12)14(15)16/h7-8,10-11H,4-6,9H2,1-3H3,(H3,15,16). The third-order valence-electron chi connectivity index (χ3n) is 3.23. The number of hydrogen-bond donors (Lipinski definition) is 2. The lowest BCUT2D eigenvalue weighted by Crippen LogP contribution is -2.33. The highest BCUT2D eigenvalue weighted by atomic mass is 15.2. The van der Waals surface area contributed by atoms with Gasteiger partial charge in [-0.2, -0.15) is 0 Å². The van der Waals surface area contributed by atoms with Gasteiger partial charge in [-0.05, 0) is 31.9 Å². The molecule has 1 unspecified atom stereocenters. The van der Waals surface area contributed by atoms with Crippen LogP contribution in [0, 0.1) is 5.41 Å². The van der Waals surface area contributed by atoms with Crippen LogP contribution in [0.4, 0.5) is 5.69 Å². The molecule has 0 amide bonds. The fourth-order valence-electron chi connectivity index (χ4n) is 1.90. The number of unbranched alkanes of at least 4 members (excludes halogenated alkanes) is 1. The summed E-state index contributed by atoms with van der Waals surface area (Å²) in [5, 5.41) is 7.46. The zero-order valence-electron chi connectivity index (χ0n) is 11.6. The number of nitrogens with zero attached hydrogens (tertiary/aromatic N) is 2. The van der Waals surface area contributed by atoms with E-state index in [0.717, 1.165) is 18.7 Å². The van der Waals surface area contributed by atoms with Crippen molar-refractivity contribution in [1.29, 1.82) is 5.41 Å². The van der Waals surface area contributed by atoms with Crippen molar-refractivity contribution in [3.8, 4) is 0 Å². The SMILES string of the molecule is CCCCN(c1ccnc(C(=N)N)c1)C(C)CC. The van der Waals surface area contributed by atoms with Crippen molar-refractivity contribution >= 4 is 11.5 Å². The second kappa shape index (κ2) is 6.99. The number of rotatable bonds is 7. The normalized spacial score (nSPS) is 12.2. The molecule has 4 heteroatoms. The lowest BCUT2D eigenvalue weighted by Gasteiger charge is -2.31. The summed E-state index contributed by atoms with van der Waals surface area (Å²) >= 11 is 0. The molecular formula is C14H24N4. The van der Waals surface area contributed by atoms with Crippen molar-refractivity contribution in [1.82, 2.24) is 4.98 Å². The first-order chi connectivity index (χ1) is 8.60. The fraction of sp³-hybridized carbons (Fsp3) is 0.571. The molecule has 0 saturated carbocycles. The third-order valence-corrected chi connectivity index (χ3v) is 3.23. The fourth-order valence-corrected chi connectivity index (χ4v) is 1.90. The van der Waals surface area contributed by atoms with Gasteiger partial charge in [-0.3, -0.25) is 10.4 Å². The van der Waals surface area contributed by atoms with Crippen LogP contribution in [-0.4, -0.2) is 23.4 Å². The zero-order valence-corrected chi connectivity index (χ0v) is 11.6. The minimum Gasteiger partial charge on any atom is -0.382 e. The molecule has 0 aliphatic carbocycles. The van der Waals surface area contributed by atoms with Gasteiger partial charge >= 0.3 is 0 Å². The lowest BCUT2D eigenvalue weighted by molar-refractivity contribution is 0.595. The molecule has 1 heterocycles. The predicted molar refractivity (Wildman–Crippen MR) is 77.3 cm³/mol. The first-order valence-corrected chi connectivity index (χ1v) is 6.67. The van der Waals surface area contributed by atoms with E-state index in [1.54, 1.807) is 6.20 Å². The zero-order chi connectivity index (χ0) is 13.5. The number of hydrogen-bond acceptors (Lipinski definition) is 3. The molecule has 4 nitrogen and oxygen atoms in total. The highest BCUT2D eigenvalue weighted by Gasteiger charge is 2.13. The number of nitrogens with one attached hydrogen (secondary N) is 1. The number of nitrogen functional groups attached to an aromatic ring is 1. The molecule has 0 aromatic carbocycles. The highest BCUT2D eigenvalue weighted by molar-refractivity contribution is 5.93. The predicted octanol–water partition coefficient (Wildman–Crippen LogP) is 2.77. The molecule has 0 saturated heterocycles. The Bertz CT molecular complexity index is 389. The Hall–Kier alpha value is -1.58. The van der Waals surface area contributed by atoms with E-state index < -0.39 is 0 Å². The molecule has 0 fully saturated rings. The summed E-state index contributed by atoms with van der Waals surface area (Å²) in [5.74, 6) is 0.0245. The Morgan fingerprint density at radius 1 is 1.50 bits per heavy atom. The van der Waals surface area contributed by atoms with Gasteiger partial charge in [0.1, 0.15) is 11.5 Å². The first-order valence-electron chi connectivity index (χ1n) is 6.67. The molecule has 0 bridgehead atoms. The topological polar surface area (TPSA) is 66.0 Å². The van der Waals surface area contributed by atoms with Crippen molar-refractivity contribution in [3.05, 3.63) is 24.0 Å². The van der Waals surface area contributed by atoms with E-state index in [9.17, 15) is 0 Å². The summed E-state index contributed by atoms with van der Waals surface area (Å²) in [4.78, 5) is 6.48. The van der Waals surface area contributed by atoms with E-state index in [4.69, 9.17) is 11.1 Å². The largest absolute Gasteiger partial charge is 0.382 e. The van der Waals surface area contributed by atoms with Crippen LogP contribution in [0.3, 0.4) is 0 Å². The molecule has 1 aromatic heterocycles. The van der Waals surface area contributed by atoms with E-state index in [2.05, 4.69) is 30.7 Å². The molecule has 0 aliphatic rings. The van der Waals surface area contributed by atoms with Gasteiger partial charge in [-0.15, -0.1) is 0 Å². The van der Waals surface area contributed by atoms with Crippen LogP contribution in [0.5, 0.6) is 0 Å². The van der Waals surface area contributed by atoms with E-state index in [1.807, 2.05) is 12.1 Å². The van der Waals surface area contributed by atoms with Gasteiger partial charge in [-0.1, -0.05) is 20.3 Å². The lowest BCUT2D eigenvalue weighted by atomic mass is 10.1. The molecule has 100 valence electrons. The van der Waals surface area contributed by atoms with Crippen molar-refractivity contribution in [2.24, 2.45) is 5.73 Å². The molecule has 1 aromatic rings. The maximum absolute atomic E-state index is 7.46. The van der Waals surface area contributed by atoms with Crippen molar-refractivity contribution in [3.63, 3.8) is 0 Å². The summed E-state index contributed by atoms with van der Waals surface area (Å²) < 4.78 is 0. The smallest absolute Gasteiger partial charge is 0.141 e. The highest BCUT2D eigenvalue weighted by Crippen LogP contribution is 2.19. The van der Waals surface area contributed by atoms with Gasteiger partial charge in [-0.25, -0.2) is 0 Å². The molecule has 0 radical (unpaired) electrons. The molecule has 18 heavy (non-hydrogen) atoms. The van der Waals surface area contributed by atoms with Crippen LogP contribution in [0.1, 0.15) is 45.7 Å². The summed E-state index contributed by atoms with van der Waals surface area (Å²) in [6.45, 7) is 7.65. The second-order valence-corrected chi connectivity index (χ2v) is 4.62. The van der Waals surface area contributed by atoms with Gasteiger partial charge in [0.15, 0.2) is 0 Å². The number of aromatic nitrogens is 1. The summed E-state index contributed by atoms with van der Waals surface area (Å²) in [6, 6.07) is 4.39. The molecule has 3 N–H and O–H groups in total. The van der Waals surface area contributed by atoms with Crippen molar-refractivity contribution < 1.29 is 0 Å². The quantitative estimate of drug-likeness (QED) is 0.576. The Morgan fingerprint density at radius 2 is 2.22 bits per heavy atom. The molecule has 1 rings (SSSR count). The van der Waals surface area contributed by atoms with E-state index >= 15 is 0 Å². The van der Waals surface area contributed by atoms with Gasteiger partial charge in [0, 0.05) is 24.5 Å². The monoisotopic (exact) mass is 248 g/mol. The number of nitrogens with two attached hydrogens (primary N) is 1. The molecular weight excluding hydrogens is 224 g/mol. The summed E-state index contributed by atoms with van der Waals surface area (Å²) in [5.41, 5.74) is 7.16. The molecule has 0 spiro atoms. The maximum Gasteiger partial charge on any atom is 0.141 e. The first kappa shape index (κ1) is 14.5. The van der Waals surface area contributed by atoms with Gasteiger partial charge in [0.2, 0.25) is 0 Å². The van der Waals surface area contributed by atoms with Gasteiger partial charge in [0.25, 0.3) is 0 Å². The minimum atomic E-state index is 0.0245. The van der Waals surface area contributed by atoms with Gasteiger partial charge in [0.05, 0.1) is 0 Å². The number of amidine groups is 1. The average Bonchev–Trinajstić information content (AvgIpc) is 2.39. The Morgan fingerprint density at radius 3 is 2.78 bits per heavy atom. The maximum atomic E-state index is 7.46. The number of pyridine rings is 1. The van der Waals surface area contributed by atoms with E-state index in [0.29, 0.717) is 11.7 Å². The summed E-state index contributed by atoms with van der Waals surface area (Å²) in [7, 11) is 0. The van der Waals surface area contributed by atoms with Crippen LogP contribution < -0.4 is 10.6 Å². The third kappa shape index (κ3) is 3.72. The van der Waals surface area contributed by atoms with E-state index in [-0.39, 0.29) is 5.84 Å². The van der Waals surface area contributed by atoms with Crippen LogP contribution in [0.25, 0.3) is 0 Å². The Kier molecular flexibility index (Phi) is 5.62. The Labute approximate surface area is 110 Å². The van der Waals surface area contributed by atoms with Crippen LogP contribution in [-0.2, 0) is 0 Å². The number of anilines is 1. The van der Waals surface area contributed by atoms with Crippen LogP contribution in [0.15, 0.2) is 18.3 Å². The minimum absolute atomic E-state index is 0.0245. The van der Waals surface area contributed by atoms with Crippen molar-refractivity contribution in [2.75, 3.05) is 11.4 Å². The van der Waals surface area contributed by atoms with E-state index in [1.165, 1.54) is 12.8 Å². The van der Waals surface area contributed by atoms with Crippen LogP contribution in [0.2, 0.25) is 0 Å². The molecule has 1 atom stereocenters. The van der Waals surface area contributed by atoms with Crippen LogP contribution >= 0.6 is 0 Å². The van der Waals surface area contributed by atoms with Gasteiger partial charge < -0.3 is 10.6 Å². The summed E-state index contributed by atoms with van der Waals surface area (Å²) in [6.07, 6.45) is 5.18.